The minimum atomic E-state index is -0.0109. The van der Waals surface area contributed by atoms with Crippen LogP contribution in [0.3, 0.4) is 0 Å². The van der Waals surface area contributed by atoms with Gasteiger partial charge in [-0.25, -0.2) is 0 Å². The molecule has 0 spiro atoms. The maximum atomic E-state index is 12.3. The van der Waals surface area contributed by atoms with Crippen LogP contribution in [0.1, 0.15) is 36.8 Å². The topological polar surface area (TPSA) is 61.8 Å². The fourth-order valence-corrected chi connectivity index (χ4v) is 3.69. The maximum absolute atomic E-state index is 12.3. The van der Waals surface area contributed by atoms with Crippen molar-refractivity contribution in [1.29, 1.82) is 0 Å². The summed E-state index contributed by atoms with van der Waals surface area (Å²) in [6.45, 7) is 3.97. The number of carbonyl (C=O) groups is 1. The monoisotopic (exact) mass is 332 g/mol. The molecule has 0 aliphatic carbocycles. The van der Waals surface area contributed by atoms with Crippen LogP contribution in [0.2, 0.25) is 0 Å². The summed E-state index contributed by atoms with van der Waals surface area (Å²) in [7, 11) is 0. The van der Waals surface area contributed by atoms with Crippen molar-refractivity contribution in [3.63, 3.8) is 0 Å². The smallest absolute Gasteiger partial charge is 0.225 e. The third kappa shape index (κ3) is 4.35. The lowest BCUT2D eigenvalue weighted by atomic mass is 10.0. The Balaban J connectivity index is 1.58. The first-order chi connectivity index (χ1) is 11.8. The van der Waals surface area contributed by atoms with Crippen molar-refractivity contribution in [3.05, 3.63) is 35.4 Å². The molecule has 0 saturated carbocycles. The predicted octanol–water partition coefficient (Wildman–Crippen LogP) is 1.69. The molecular formula is C19H28N2O3. The standard InChI is InChI=1S/C19H28N2O3/c22-13-18-8-3-9-21(18)12-16-6-2-1-5-15(16)11-20-19(23)17-7-4-10-24-14-17/h1-2,5-6,17-18,22H,3-4,7-14H2,(H,20,23)/t17-,18-/m1/s1. The minimum Gasteiger partial charge on any atom is -0.395 e. The second kappa shape index (κ2) is 8.60. The number of hydrogen-bond acceptors (Lipinski definition) is 4. The molecule has 2 heterocycles. The van der Waals surface area contributed by atoms with Gasteiger partial charge in [-0.2, -0.15) is 0 Å². The normalized spacial score (nSPS) is 24.9. The van der Waals surface area contributed by atoms with Gasteiger partial charge >= 0.3 is 0 Å². The summed E-state index contributed by atoms with van der Waals surface area (Å²) >= 11 is 0. The zero-order valence-corrected chi connectivity index (χ0v) is 14.2. The highest BCUT2D eigenvalue weighted by Gasteiger charge is 2.25. The van der Waals surface area contributed by atoms with Gasteiger partial charge in [0.1, 0.15) is 0 Å². The molecule has 1 amide bonds. The van der Waals surface area contributed by atoms with Crippen LogP contribution in [-0.4, -0.2) is 48.3 Å². The molecular weight excluding hydrogens is 304 g/mol. The molecule has 2 atom stereocenters. The van der Waals surface area contributed by atoms with Crippen molar-refractivity contribution >= 4 is 5.91 Å². The Morgan fingerprint density at radius 2 is 2.08 bits per heavy atom. The summed E-state index contributed by atoms with van der Waals surface area (Å²) in [5.74, 6) is 0.0853. The Labute approximate surface area is 144 Å². The van der Waals surface area contributed by atoms with E-state index in [0.717, 1.165) is 50.9 Å². The van der Waals surface area contributed by atoms with Gasteiger partial charge in [0.25, 0.3) is 0 Å². The summed E-state index contributed by atoms with van der Waals surface area (Å²) in [5.41, 5.74) is 2.39. The Bertz CT molecular complexity index is 543. The van der Waals surface area contributed by atoms with Crippen LogP contribution in [0.5, 0.6) is 0 Å². The van der Waals surface area contributed by atoms with E-state index in [4.69, 9.17) is 4.74 Å². The van der Waals surface area contributed by atoms with E-state index in [1.54, 1.807) is 0 Å². The largest absolute Gasteiger partial charge is 0.395 e. The Kier molecular flexibility index (Phi) is 6.24. The van der Waals surface area contributed by atoms with Crippen molar-refractivity contribution in [2.75, 3.05) is 26.4 Å². The molecule has 1 aromatic rings. The lowest BCUT2D eigenvalue weighted by Gasteiger charge is -2.24. The molecule has 2 saturated heterocycles. The second-order valence-electron chi connectivity index (χ2n) is 6.85. The highest BCUT2D eigenvalue weighted by molar-refractivity contribution is 5.78. The first-order valence-corrected chi connectivity index (χ1v) is 9.05. The molecule has 24 heavy (non-hydrogen) atoms. The Morgan fingerprint density at radius 1 is 1.25 bits per heavy atom. The van der Waals surface area contributed by atoms with E-state index in [2.05, 4.69) is 22.3 Å². The van der Waals surface area contributed by atoms with E-state index in [1.807, 2.05) is 12.1 Å². The number of rotatable bonds is 6. The van der Waals surface area contributed by atoms with Gasteiger partial charge in [-0.3, -0.25) is 9.69 Å². The van der Waals surface area contributed by atoms with Crippen LogP contribution in [0.25, 0.3) is 0 Å². The molecule has 0 bridgehead atoms. The number of ether oxygens (including phenoxy) is 1. The first kappa shape index (κ1) is 17.4. The van der Waals surface area contributed by atoms with Crippen LogP contribution >= 0.6 is 0 Å². The lowest BCUT2D eigenvalue weighted by Crippen LogP contribution is -2.36. The van der Waals surface area contributed by atoms with Crippen molar-refractivity contribution in [2.45, 2.75) is 44.8 Å². The summed E-state index contributed by atoms with van der Waals surface area (Å²) in [5, 5.41) is 12.6. The molecule has 2 aliphatic heterocycles. The SMILES string of the molecule is O=C(NCc1ccccc1CN1CCC[C@@H]1CO)[C@@H]1CCCOC1. The van der Waals surface area contributed by atoms with Crippen LogP contribution in [-0.2, 0) is 22.6 Å². The highest BCUT2D eigenvalue weighted by atomic mass is 16.5. The van der Waals surface area contributed by atoms with Crippen molar-refractivity contribution in [1.82, 2.24) is 10.2 Å². The average Bonchev–Trinajstić information content (AvgIpc) is 3.08. The van der Waals surface area contributed by atoms with Crippen molar-refractivity contribution in [2.24, 2.45) is 5.92 Å². The summed E-state index contributed by atoms with van der Waals surface area (Å²) in [6, 6.07) is 8.53. The van der Waals surface area contributed by atoms with Crippen LogP contribution in [0.4, 0.5) is 0 Å². The van der Waals surface area contributed by atoms with Crippen molar-refractivity contribution in [3.8, 4) is 0 Å². The van der Waals surface area contributed by atoms with Gasteiger partial charge in [0, 0.05) is 25.7 Å². The quantitative estimate of drug-likeness (QED) is 0.832. The van der Waals surface area contributed by atoms with Crippen molar-refractivity contribution < 1.29 is 14.6 Å². The van der Waals surface area contributed by atoms with E-state index < -0.39 is 0 Å². The molecule has 2 aliphatic rings. The van der Waals surface area contributed by atoms with E-state index in [9.17, 15) is 9.90 Å². The molecule has 5 heteroatoms. The van der Waals surface area contributed by atoms with E-state index >= 15 is 0 Å². The predicted molar refractivity (Wildman–Crippen MR) is 92.3 cm³/mol. The average molecular weight is 332 g/mol. The van der Waals surface area contributed by atoms with E-state index in [-0.39, 0.29) is 24.5 Å². The zero-order valence-electron chi connectivity index (χ0n) is 14.2. The van der Waals surface area contributed by atoms with Crippen LogP contribution < -0.4 is 5.32 Å². The molecule has 0 aromatic heterocycles. The second-order valence-corrected chi connectivity index (χ2v) is 6.85. The van der Waals surface area contributed by atoms with Gasteiger partial charge in [-0.05, 0) is 43.4 Å². The number of nitrogens with zero attached hydrogens (tertiary/aromatic N) is 1. The third-order valence-corrected chi connectivity index (χ3v) is 5.19. The molecule has 3 rings (SSSR count). The van der Waals surface area contributed by atoms with Crippen LogP contribution in [0, 0.1) is 5.92 Å². The molecule has 0 unspecified atom stereocenters. The van der Waals surface area contributed by atoms with E-state index in [1.165, 1.54) is 5.56 Å². The van der Waals surface area contributed by atoms with Gasteiger partial charge in [0.05, 0.1) is 19.1 Å². The number of amides is 1. The van der Waals surface area contributed by atoms with Gasteiger partial charge in [0.15, 0.2) is 0 Å². The molecule has 2 fully saturated rings. The number of nitrogens with one attached hydrogen (secondary N) is 1. The molecule has 2 N–H and O–H groups in total. The highest BCUT2D eigenvalue weighted by Crippen LogP contribution is 2.21. The number of carbonyl (C=O) groups excluding carboxylic acids is 1. The first-order valence-electron chi connectivity index (χ1n) is 9.05. The van der Waals surface area contributed by atoms with Gasteiger partial charge in [-0.1, -0.05) is 24.3 Å². The molecule has 1 aromatic carbocycles. The summed E-state index contributed by atoms with van der Waals surface area (Å²) in [4.78, 5) is 14.6. The number of likely N-dealkylation sites (tertiary alicyclic amines) is 1. The minimum absolute atomic E-state index is 0.0109. The van der Waals surface area contributed by atoms with Crippen LogP contribution in [0.15, 0.2) is 24.3 Å². The summed E-state index contributed by atoms with van der Waals surface area (Å²) < 4.78 is 5.40. The third-order valence-electron chi connectivity index (χ3n) is 5.19. The molecule has 132 valence electrons. The maximum Gasteiger partial charge on any atom is 0.225 e. The lowest BCUT2D eigenvalue weighted by molar-refractivity contribution is -0.129. The number of hydrogen-bond donors (Lipinski definition) is 2. The van der Waals surface area contributed by atoms with Gasteiger partial charge < -0.3 is 15.2 Å². The number of aliphatic hydroxyl groups excluding tert-OH is 1. The molecule has 5 nitrogen and oxygen atoms in total. The molecule has 0 radical (unpaired) electrons. The Hall–Kier alpha value is -1.43. The van der Waals surface area contributed by atoms with E-state index in [0.29, 0.717) is 13.2 Å². The zero-order chi connectivity index (χ0) is 16.8. The fraction of sp³-hybridized carbons (Fsp3) is 0.632. The van der Waals surface area contributed by atoms with Gasteiger partial charge in [0.2, 0.25) is 5.91 Å². The number of benzene rings is 1. The fourth-order valence-electron chi connectivity index (χ4n) is 3.69. The Morgan fingerprint density at radius 3 is 2.83 bits per heavy atom. The number of aliphatic hydroxyl groups is 1. The van der Waals surface area contributed by atoms with Gasteiger partial charge in [-0.15, -0.1) is 0 Å². The summed E-state index contributed by atoms with van der Waals surface area (Å²) in [6.07, 6.45) is 4.09.